The first kappa shape index (κ1) is 32.7. The van der Waals surface area contributed by atoms with E-state index in [1.54, 1.807) is 9.80 Å². The average Bonchev–Trinajstić information content (AvgIpc) is 2.83. The maximum absolute atomic E-state index is 13.3. The standard InChI is InChI=1S/C20H43N5O10S2/c26-13-7-21-1-3-22(4-2-21)12-18-37(33,34)35-20(25(9-15-28)10-16-29)19-23(11-17-36(30,31)32)5-6-24(20)8-14-27/h26-29H,1-19H2,(H,30,31,32). The van der Waals surface area contributed by atoms with Crippen molar-refractivity contribution in [1.82, 2.24) is 24.5 Å². The van der Waals surface area contributed by atoms with Gasteiger partial charge in [0.1, 0.15) is 0 Å². The van der Waals surface area contributed by atoms with Crippen LogP contribution in [0.3, 0.4) is 0 Å². The number of hydrogen-bond donors (Lipinski definition) is 5. The molecule has 2 aliphatic heterocycles. The molecule has 220 valence electrons. The fraction of sp³-hybridized carbons (Fsp3) is 1.00. The molecule has 0 aromatic rings. The molecular formula is C20H43N5O10S2. The molecule has 0 amide bonds. The molecule has 0 bridgehead atoms. The zero-order chi connectivity index (χ0) is 27.5. The average molecular weight is 578 g/mol. The fourth-order valence-corrected chi connectivity index (χ4v) is 6.47. The Kier molecular flexibility index (Phi) is 13.5. The quantitative estimate of drug-likeness (QED) is 0.0629. The summed E-state index contributed by atoms with van der Waals surface area (Å²) in [7, 11) is -8.44. The summed E-state index contributed by atoms with van der Waals surface area (Å²) in [6, 6.07) is 0. The molecule has 0 aliphatic carbocycles. The summed E-state index contributed by atoms with van der Waals surface area (Å²) in [5.41, 5.74) is 0. The van der Waals surface area contributed by atoms with Crippen molar-refractivity contribution in [1.29, 1.82) is 0 Å². The summed E-state index contributed by atoms with van der Waals surface area (Å²) < 4.78 is 64.3. The number of piperazine rings is 2. The van der Waals surface area contributed by atoms with Crippen LogP contribution >= 0.6 is 0 Å². The Morgan fingerprint density at radius 1 is 0.676 bits per heavy atom. The molecule has 2 heterocycles. The van der Waals surface area contributed by atoms with Crippen LogP contribution < -0.4 is 0 Å². The second-order valence-corrected chi connectivity index (χ2v) is 12.5. The minimum atomic E-state index is -4.26. The second kappa shape index (κ2) is 15.3. The van der Waals surface area contributed by atoms with Gasteiger partial charge >= 0.3 is 0 Å². The van der Waals surface area contributed by atoms with E-state index in [-0.39, 0.29) is 78.0 Å². The summed E-state index contributed by atoms with van der Waals surface area (Å²) in [5, 5.41) is 38.1. The van der Waals surface area contributed by atoms with E-state index in [1.807, 2.05) is 4.90 Å². The molecule has 17 heteroatoms. The molecule has 0 radical (unpaired) electrons. The van der Waals surface area contributed by atoms with E-state index in [2.05, 4.69) is 4.90 Å². The highest BCUT2D eigenvalue weighted by atomic mass is 32.2. The van der Waals surface area contributed by atoms with Crippen LogP contribution in [0.1, 0.15) is 0 Å². The van der Waals surface area contributed by atoms with Crippen molar-refractivity contribution in [2.24, 2.45) is 0 Å². The second-order valence-electron chi connectivity index (χ2n) is 9.20. The summed E-state index contributed by atoms with van der Waals surface area (Å²) >= 11 is 0. The van der Waals surface area contributed by atoms with E-state index in [1.165, 1.54) is 4.90 Å². The predicted octanol–water partition coefficient (Wildman–Crippen LogP) is -4.62. The number of hydrogen-bond acceptors (Lipinski definition) is 14. The lowest BCUT2D eigenvalue weighted by molar-refractivity contribution is -0.229. The van der Waals surface area contributed by atoms with E-state index >= 15 is 0 Å². The molecule has 0 aromatic carbocycles. The van der Waals surface area contributed by atoms with Crippen LogP contribution in [0.15, 0.2) is 0 Å². The topological polar surface area (TPSA) is 195 Å². The number of rotatable bonds is 17. The molecule has 1 unspecified atom stereocenters. The van der Waals surface area contributed by atoms with Crippen molar-refractivity contribution in [2.75, 3.05) is 123 Å². The van der Waals surface area contributed by atoms with Gasteiger partial charge in [-0.1, -0.05) is 0 Å². The first-order valence-corrected chi connectivity index (χ1v) is 15.7. The predicted molar refractivity (Wildman–Crippen MR) is 135 cm³/mol. The zero-order valence-electron chi connectivity index (χ0n) is 21.3. The number of β-amino-alcohol motifs (C(OH)–C–C–N with tert-alkyl or cyclic N) is 2. The van der Waals surface area contributed by atoms with Gasteiger partial charge in [-0.2, -0.15) is 16.8 Å². The molecule has 37 heavy (non-hydrogen) atoms. The Labute approximate surface area is 219 Å². The van der Waals surface area contributed by atoms with Crippen LogP contribution in [-0.2, 0) is 24.4 Å². The maximum atomic E-state index is 13.3. The van der Waals surface area contributed by atoms with Crippen LogP contribution in [0.4, 0.5) is 0 Å². The van der Waals surface area contributed by atoms with Crippen LogP contribution in [0, 0.1) is 0 Å². The molecule has 15 nitrogen and oxygen atoms in total. The van der Waals surface area contributed by atoms with E-state index in [4.69, 9.17) is 9.29 Å². The molecule has 2 saturated heterocycles. The van der Waals surface area contributed by atoms with E-state index in [9.17, 15) is 36.7 Å². The van der Waals surface area contributed by atoms with E-state index in [0.717, 1.165) is 0 Å². The molecule has 0 aromatic heterocycles. The monoisotopic (exact) mass is 577 g/mol. The van der Waals surface area contributed by atoms with Gasteiger partial charge in [0.05, 0.1) is 44.5 Å². The molecule has 5 N–H and O–H groups in total. The third-order valence-electron chi connectivity index (χ3n) is 6.68. The van der Waals surface area contributed by atoms with Crippen LogP contribution in [0.5, 0.6) is 0 Å². The zero-order valence-corrected chi connectivity index (χ0v) is 22.9. The van der Waals surface area contributed by atoms with Crippen LogP contribution in [-0.4, -0.2) is 195 Å². The fourth-order valence-electron chi connectivity index (χ4n) is 4.75. The third kappa shape index (κ3) is 10.5. The lowest BCUT2D eigenvalue weighted by Crippen LogP contribution is -2.73. The van der Waals surface area contributed by atoms with E-state index in [0.29, 0.717) is 39.3 Å². The van der Waals surface area contributed by atoms with Gasteiger partial charge in [0.25, 0.3) is 20.2 Å². The lowest BCUT2D eigenvalue weighted by atomic mass is 10.1. The van der Waals surface area contributed by atoms with Gasteiger partial charge in [-0.05, 0) is 0 Å². The first-order chi connectivity index (χ1) is 17.5. The molecule has 2 aliphatic rings. The Balaban J connectivity index is 2.25. The highest BCUT2D eigenvalue weighted by Crippen LogP contribution is 2.30. The molecule has 0 saturated carbocycles. The van der Waals surface area contributed by atoms with Gasteiger partial charge in [-0.15, -0.1) is 0 Å². The minimum absolute atomic E-state index is 0.0435. The van der Waals surface area contributed by atoms with Gasteiger partial charge in [0, 0.05) is 78.5 Å². The smallest absolute Gasteiger partial charge is 0.271 e. The number of nitrogens with zero attached hydrogens (tertiary/aromatic N) is 5. The summed E-state index contributed by atoms with van der Waals surface area (Å²) in [6.07, 6.45) is 0. The van der Waals surface area contributed by atoms with Gasteiger partial charge in [-0.3, -0.25) is 29.1 Å². The van der Waals surface area contributed by atoms with Crippen molar-refractivity contribution in [3.05, 3.63) is 0 Å². The van der Waals surface area contributed by atoms with Crippen molar-refractivity contribution >= 4 is 20.2 Å². The molecule has 2 fully saturated rings. The Bertz CT molecular complexity index is 867. The van der Waals surface area contributed by atoms with Crippen molar-refractivity contribution in [3.63, 3.8) is 0 Å². The summed E-state index contributed by atoms with van der Waals surface area (Å²) in [4.78, 5) is 8.82. The Morgan fingerprint density at radius 2 is 1.19 bits per heavy atom. The highest BCUT2D eigenvalue weighted by Gasteiger charge is 2.50. The van der Waals surface area contributed by atoms with Gasteiger partial charge in [-0.25, -0.2) is 4.18 Å². The van der Waals surface area contributed by atoms with Gasteiger partial charge < -0.3 is 20.4 Å². The Hall–Kier alpha value is -0.540. The minimum Gasteiger partial charge on any atom is -0.395 e. The molecule has 1 atom stereocenters. The number of aliphatic hydroxyl groups is 4. The Morgan fingerprint density at radius 3 is 1.70 bits per heavy atom. The van der Waals surface area contributed by atoms with Crippen molar-refractivity contribution in [3.8, 4) is 0 Å². The van der Waals surface area contributed by atoms with Gasteiger partial charge in [0.2, 0.25) is 5.85 Å². The SMILES string of the molecule is O=S(=O)(O)CCN1CCN(CCO)C(OS(=O)(=O)CCN2CCN(CCO)CC2)(N(CCO)CCO)C1. The largest absolute Gasteiger partial charge is 0.395 e. The summed E-state index contributed by atoms with van der Waals surface area (Å²) in [6.45, 7) is 2.81. The van der Waals surface area contributed by atoms with Crippen molar-refractivity contribution < 1.29 is 46.0 Å². The van der Waals surface area contributed by atoms with Crippen LogP contribution in [0.25, 0.3) is 0 Å². The lowest BCUT2D eigenvalue weighted by Gasteiger charge is -2.54. The maximum Gasteiger partial charge on any atom is 0.271 e. The number of aliphatic hydroxyl groups excluding tert-OH is 4. The van der Waals surface area contributed by atoms with Crippen molar-refractivity contribution in [2.45, 2.75) is 5.85 Å². The highest BCUT2D eigenvalue weighted by molar-refractivity contribution is 7.86. The third-order valence-corrected chi connectivity index (χ3v) is 8.58. The normalized spacial score (nSPS) is 23.7. The van der Waals surface area contributed by atoms with Gasteiger partial charge in [0.15, 0.2) is 0 Å². The molecule has 2 rings (SSSR count). The molecule has 0 spiro atoms. The molecular weight excluding hydrogens is 534 g/mol. The summed E-state index contributed by atoms with van der Waals surface area (Å²) in [5.74, 6) is -2.60. The van der Waals surface area contributed by atoms with E-state index < -0.39 is 31.8 Å². The first-order valence-electron chi connectivity index (χ1n) is 12.5. The van der Waals surface area contributed by atoms with Crippen LogP contribution in [0.2, 0.25) is 0 Å².